The van der Waals surface area contributed by atoms with Crippen molar-refractivity contribution in [2.45, 2.75) is 23.9 Å². The van der Waals surface area contributed by atoms with E-state index in [1.54, 1.807) is 5.38 Å². The number of amides is 2. The number of rotatable bonds is 12. The Morgan fingerprint density at radius 1 is 0.980 bits per heavy atom. The van der Waals surface area contributed by atoms with Crippen LogP contribution in [0.3, 0.4) is 0 Å². The number of fused-ring (bicyclic) bond motifs is 1. The Hall–Kier alpha value is -5.47. The molecule has 2 aliphatic heterocycles. The van der Waals surface area contributed by atoms with E-state index in [0.29, 0.717) is 10.7 Å². The minimum atomic E-state index is -1.33. The molecule has 2 amide bonds. The van der Waals surface area contributed by atoms with Gasteiger partial charge in [-0.15, -0.1) is 23.1 Å². The molecule has 0 bridgehead atoms. The molecular formula is C35H31N5O7S2. The molecule has 0 saturated carbocycles. The molecular weight excluding hydrogens is 667 g/mol. The van der Waals surface area contributed by atoms with Gasteiger partial charge in [0.05, 0.1) is 0 Å². The highest BCUT2D eigenvalue weighted by molar-refractivity contribution is 8.00. The highest BCUT2D eigenvalue weighted by Crippen LogP contribution is 2.42. The van der Waals surface area contributed by atoms with Crippen LogP contribution in [0.2, 0.25) is 0 Å². The van der Waals surface area contributed by atoms with Crippen LogP contribution in [-0.4, -0.2) is 75.3 Å². The number of carbonyl (C=O) groups excluding carboxylic acids is 3. The number of aliphatic carboxylic acids is 1. The number of esters is 1. The molecule has 12 nitrogen and oxygen atoms in total. The summed E-state index contributed by atoms with van der Waals surface area (Å²) in [5.41, 5.74) is 2.15. The van der Waals surface area contributed by atoms with Crippen molar-refractivity contribution in [3.05, 3.63) is 130 Å². The van der Waals surface area contributed by atoms with Crippen molar-refractivity contribution in [3.8, 4) is 0 Å². The van der Waals surface area contributed by atoms with Crippen molar-refractivity contribution < 1.29 is 33.9 Å². The van der Waals surface area contributed by atoms with Crippen LogP contribution in [0.25, 0.3) is 0 Å². The lowest BCUT2D eigenvalue weighted by Gasteiger charge is -2.49. The topological polar surface area (TPSA) is 160 Å². The van der Waals surface area contributed by atoms with E-state index < -0.39 is 40.7 Å². The summed E-state index contributed by atoms with van der Waals surface area (Å²) in [6.45, 7) is 0.968. The first-order valence-electron chi connectivity index (χ1n) is 15.1. The second-order valence-electron chi connectivity index (χ2n) is 11.0. The standard InChI is InChI=1S/C35H31N5O7S2/c1-21(41)47-18-22-19-48-32-28(31(43)40(32)29(22)33(44)45)37-30(42)27(39-46-2)26-20-49-34(36-26)38-35(23-12-6-3-7-13-23,24-14-8-4-9-15-24)25-16-10-5-11-17-25/h3-17,20,28,32H,18-19H2,1-2H3,(H,36,38)(H,37,42)(H,44,45). The SMILES string of the molecule is CON=C(C(=O)NC1C(=O)N2C(C(=O)O)=C(COC(C)=O)CSC12)c1csc(NC(c2ccccc2)(c2ccccc2)c2ccccc2)n1. The number of ether oxygens (including phenoxy) is 1. The Bertz CT molecular complexity index is 1840. The number of carboxylic acids is 1. The molecule has 2 atom stereocenters. The van der Waals surface area contributed by atoms with Crippen molar-refractivity contribution in [2.24, 2.45) is 5.16 Å². The summed E-state index contributed by atoms with van der Waals surface area (Å²) in [5.74, 6) is -3.03. The fourth-order valence-electron chi connectivity index (χ4n) is 5.87. The van der Waals surface area contributed by atoms with Gasteiger partial charge in [-0.3, -0.25) is 19.3 Å². The maximum Gasteiger partial charge on any atom is 0.352 e. The van der Waals surface area contributed by atoms with E-state index >= 15 is 0 Å². The average molecular weight is 698 g/mol. The zero-order valence-corrected chi connectivity index (χ0v) is 28.0. The van der Waals surface area contributed by atoms with Crippen LogP contribution in [0.1, 0.15) is 29.3 Å². The van der Waals surface area contributed by atoms with Crippen LogP contribution in [0, 0.1) is 0 Å². The number of carboxylic acid groups (broad SMARTS) is 1. The van der Waals surface area contributed by atoms with Crippen molar-refractivity contribution in [1.82, 2.24) is 15.2 Å². The normalized spacial score (nSPS) is 17.5. The van der Waals surface area contributed by atoms with Crippen LogP contribution >= 0.6 is 23.1 Å². The number of nitrogens with one attached hydrogen (secondary N) is 2. The molecule has 4 aromatic rings. The predicted octanol–water partition coefficient (Wildman–Crippen LogP) is 4.20. The molecule has 3 N–H and O–H groups in total. The molecule has 3 aromatic carbocycles. The van der Waals surface area contributed by atoms with Gasteiger partial charge in [0, 0.05) is 23.6 Å². The van der Waals surface area contributed by atoms with E-state index in [2.05, 4.69) is 15.8 Å². The van der Waals surface area contributed by atoms with Gasteiger partial charge in [-0.2, -0.15) is 0 Å². The monoisotopic (exact) mass is 697 g/mol. The number of aromatic nitrogens is 1. The van der Waals surface area contributed by atoms with Crippen LogP contribution in [0.4, 0.5) is 5.13 Å². The third-order valence-electron chi connectivity index (χ3n) is 8.05. The first kappa shape index (κ1) is 33.4. The minimum absolute atomic E-state index is 0.159. The molecule has 14 heteroatoms. The quantitative estimate of drug-likeness (QED) is 0.0644. The van der Waals surface area contributed by atoms with E-state index in [1.165, 1.54) is 37.1 Å². The second kappa shape index (κ2) is 14.3. The zero-order chi connectivity index (χ0) is 34.5. The number of hydrogen-bond acceptors (Lipinski definition) is 11. The smallest absolute Gasteiger partial charge is 0.352 e. The molecule has 250 valence electrons. The van der Waals surface area contributed by atoms with Gasteiger partial charge in [0.2, 0.25) is 0 Å². The minimum Gasteiger partial charge on any atom is -0.477 e. The summed E-state index contributed by atoms with van der Waals surface area (Å²) < 4.78 is 4.99. The van der Waals surface area contributed by atoms with E-state index in [1.807, 2.05) is 91.0 Å². The molecule has 0 aliphatic carbocycles. The van der Waals surface area contributed by atoms with Gasteiger partial charge >= 0.3 is 11.9 Å². The molecule has 1 saturated heterocycles. The molecule has 0 spiro atoms. The van der Waals surface area contributed by atoms with E-state index in [-0.39, 0.29) is 29.5 Å². The zero-order valence-electron chi connectivity index (χ0n) is 26.4. The Balaban J connectivity index is 1.27. The first-order valence-corrected chi connectivity index (χ1v) is 17.0. The van der Waals surface area contributed by atoms with Crippen LogP contribution in [-0.2, 0) is 34.3 Å². The summed E-state index contributed by atoms with van der Waals surface area (Å²) in [4.78, 5) is 61.1. The molecule has 2 aliphatic rings. The van der Waals surface area contributed by atoms with Gasteiger partial charge in [-0.25, -0.2) is 9.78 Å². The van der Waals surface area contributed by atoms with Gasteiger partial charge in [0.25, 0.3) is 11.8 Å². The van der Waals surface area contributed by atoms with Gasteiger partial charge in [-0.05, 0) is 16.7 Å². The number of thioether (sulfide) groups is 1. The number of β-lactam (4-membered cyclic amide) rings is 1. The van der Waals surface area contributed by atoms with Crippen LogP contribution < -0.4 is 10.6 Å². The van der Waals surface area contributed by atoms with Gasteiger partial charge in [0.15, 0.2) is 10.8 Å². The van der Waals surface area contributed by atoms with Gasteiger partial charge in [-0.1, -0.05) is 96.2 Å². The van der Waals surface area contributed by atoms with Gasteiger partial charge < -0.3 is 25.3 Å². The van der Waals surface area contributed by atoms with E-state index in [9.17, 15) is 24.3 Å². The van der Waals surface area contributed by atoms with Crippen molar-refractivity contribution >= 4 is 57.7 Å². The van der Waals surface area contributed by atoms with E-state index in [4.69, 9.17) is 14.6 Å². The predicted molar refractivity (Wildman–Crippen MR) is 185 cm³/mol. The van der Waals surface area contributed by atoms with Crippen molar-refractivity contribution in [2.75, 3.05) is 24.8 Å². The molecule has 49 heavy (non-hydrogen) atoms. The molecule has 1 aromatic heterocycles. The average Bonchev–Trinajstić information content (AvgIpc) is 3.59. The molecule has 3 heterocycles. The lowest BCUT2D eigenvalue weighted by molar-refractivity contribution is -0.150. The summed E-state index contributed by atoms with van der Waals surface area (Å²) >= 11 is 2.53. The number of hydrogen-bond donors (Lipinski definition) is 3. The van der Waals surface area contributed by atoms with Crippen molar-refractivity contribution in [1.29, 1.82) is 0 Å². The van der Waals surface area contributed by atoms with Crippen molar-refractivity contribution in [3.63, 3.8) is 0 Å². The molecule has 2 unspecified atom stereocenters. The van der Waals surface area contributed by atoms with Crippen LogP contribution in [0.5, 0.6) is 0 Å². The maximum absolute atomic E-state index is 13.6. The number of carbonyl (C=O) groups is 4. The fraction of sp³-hybridized carbons (Fsp3) is 0.200. The second-order valence-corrected chi connectivity index (χ2v) is 13.0. The first-order chi connectivity index (χ1) is 23.7. The Morgan fingerprint density at radius 2 is 1.55 bits per heavy atom. The largest absolute Gasteiger partial charge is 0.477 e. The highest BCUT2D eigenvalue weighted by Gasteiger charge is 2.54. The van der Waals surface area contributed by atoms with Crippen LogP contribution in [0.15, 0.2) is 113 Å². The lowest BCUT2D eigenvalue weighted by Crippen LogP contribution is -2.71. The maximum atomic E-state index is 13.6. The summed E-state index contributed by atoms with van der Waals surface area (Å²) in [6.07, 6.45) is 0. The lowest BCUT2D eigenvalue weighted by atomic mass is 9.77. The molecule has 0 radical (unpaired) electrons. The Labute approximate surface area is 289 Å². The summed E-state index contributed by atoms with van der Waals surface area (Å²) in [7, 11) is 1.30. The highest BCUT2D eigenvalue weighted by atomic mass is 32.2. The number of nitrogens with zero attached hydrogens (tertiary/aromatic N) is 3. The number of oxime groups is 1. The summed E-state index contributed by atoms with van der Waals surface area (Å²) in [6, 6.07) is 28.9. The fourth-order valence-corrected chi connectivity index (χ4v) is 7.95. The number of thiazole rings is 1. The molecule has 1 fully saturated rings. The number of anilines is 1. The van der Waals surface area contributed by atoms with E-state index in [0.717, 1.165) is 21.6 Å². The molecule has 6 rings (SSSR count). The number of benzene rings is 3. The third kappa shape index (κ3) is 6.52. The van der Waals surface area contributed by atoms with Gasteiger partial charge in [0.1, 0.15) is 42.1 Å². The summed E-state index contributed by atoms with van der Waals surface area (Å²) in [5, 5.41) is 21.6. The Kier molecular flexibility index (Phi) is 9.78. The Morgan fingerprint density at radius 3 is 2.06 bits per heavy atom. The third-order valence-corrected chi connectivity index (χ3v) is 10.1.